The van der Waals surface area contributed by atoms with Crippen molar-refractivity contribution in [2.45, 2.75) is 13.1 Å². The number of carbonyl (C=O) groups excluding carboxylic acids is 2. The molecule has 0 spiro atoms. The molecule has 0 bridgehead atoms. The molecule has 1 aliphatic rings. The third-order valence-electron chi connectivity index (χ3n) is 4.02. The van der Waals surface area contributed by atoms with Gasteiger partial charge in [-0.25, -0.2) is 4.79 Å². The highest BCUT2D eigenvalue weighted by molar-refractivity contribution is 6.01. The van der Waals surface area contributed by atoms with Crippen LogP contribution in [0.15, 0.2) is 48.5 Å². The standard InChI is InChI=1S/C19H14N4O2/c20-9-14-4-3-5-15(8-14)11-22-13-18(24)23(19(22)25)12-17-7-2-1-6-16(17)10-21/h1-8H,11-13H2. The highest BCUT2D eigenvalue weighted by Crippen LogP contribution is 2.19. The molecule has 6 heteroatoms. The molecule has 0 aromatic heterocycles. The van der Waals surface area contributed by atoms with Gasteiger partial charge in [0.2, 0.25) is 0 Å². The minimum atomic E-state index is -0.389. The van der Waals surface area contributed by atoms with E-state index in [9.17, 15) is 9.59 Å². The Morgan fingerprint density at radius 3 is 2.52 bits per heavy atom. The van der Waals surface area contributed by atoms with Gasteiger partial charge in [-0.3, -0.25) is 9.69 Å². The summed E-state index contributed by atoms with van der Waals surface area (Å²) in [5.41, 5.74) is 2.39. The van der Waals surface area contributed by atoms with Gasteiger partial charge in [-0.05, 0) is 29.3 Å². The van der Waals surface area contributed by atoms with Gasteiger partial charge in [0.05, 0.1) is 29.8 Å². The first kappa shape index (κ1) is 16.2. The highest BCUT2D eigenvalue weighted by atomic mass is 16.2. The molecule has 3 rings (SSSR count). The van der Waals surface area contributed by atoms with Crippen molar-refractivity contribution < 1.29 is 9.59 Å². The van der Waals surface area contributed by atoms with E-state index in [0.717, 1.165) is 10.5 Å². The molecule has 1 fully saturated rings. The Morgan fingerprint density at radius 2 is 1.76 bits per heavy atom. The molecular weight excluding hydrogens is 316 g/mol. The lowest BCUT2D eigenvalue weighted by Gasteiger charge is -2.17. The smallest absolute Gasteiger partial charge is 0.311 e. The van der Waals surface area contributed by atoms with Gasteiger partial charge < -0.3 is 4.90 Å². The average Bonchev–Trinajstić information content (AvgIpc) is 2.89. The van der Waals surface area contributed by atoms with Crippen LogP contribution in [0.25, 0.3) is 0 Å². The van der Waals surface area contributed by atoms with E-state index < -0.39 is 0 Å². The molecule has 0 N–H and O–H groups in total. The maximum absolute atomic E-state index is 12.6. The summed E-state index contributed by atoms with van der Waals surface area (Å²) in [6.07, 6.45) is 0. The van der Waals surface area contributed by atoms with Crippen LogP contribution in [0.3, 0.4) is 0 Å². The minimum Gasteiger partial charge on any atom is -0.311 e. The summed E-state index contributed by atoms with van der Waals surface area (Å²) in [6, 6.07) is 17.6. The van der Waals surface area contributed by atoms with Gasteiger partial charge in [-0.2, -0.15) is 10.5 Å². The molecule has 3 amide bonds. The topological polar surface area (TPSA) is 88.2 Å². The fourth-order valence-corrected chi connectivity index (χ4v) is 2.77. The third-order valence-corrected chi connectivity index (χ3v) is 4.02. The fraction of sp³-hybridized carbons (Fsp3) is 0.158. The molecule has 0 radical (unpaired) electrons. The molecule has 25 heavy (non-hydrogen) atoms. The summed E-state index contributed by atoms with van der Waals surface area (Å²) in [5.74, 6) is -0.297. The lowest BCUT2D eigenvalue weighted by molar-refractivity contribution is -0.125. The minimum absolute atomic E-state index is 0.00959. The first-order valence-electron chi connectivity index (χ1n) is 7.68. The van der Waals surface area contributed by atoms with Gasteiger partial charge in [0.25, 0.3) is 5.91 Å². The molecule has 0 unspecified atom stereocenters. The molecule has 0 atom stereocenters. The van der Waals surface area contributed by atoms with E-state index in [2.05, 4.69) is 12.1 Å². The van der Waals surface area contributed by atoms with Gasteiger partial charge >= 0.3 is 6.03 Å². The predicted octanol–water partition coefficient (Wildman–Crippen LogP) is 2.39. The number of rotatable bonds is 4. The van der Waals surface area contributed by atoms with Crippen LogP contribution < -0.4 is 0 Å². The number of nitrogens with zero attached hydrogens (tertiary/aromatic N) is 4. The van der Waals surface area contributed by atoms with E-state index in [1.54, 1.807) is 42.5 Å². The van der Waals surface area contributed by atoms with E-state index in [1.807, 2.05) is 6.07 Å². The molecule has 0 saturated carbocycles. The molecule has 1 aliphatic heterocycles. The first-order chi connectivity index (χ1) is 12.1. The summed E-state index contributed by atoms with van der Waals surface area (Å²) in [5, 5.41) is 18.1. The zero-order valence-electron chi connectivity index (χ0n) is 13.3. The van der Waals surface area contributed by atoms with Crippen molar-refractivity contribution in [3.05, 3.63) is 70.8 Å². The Morgan fingerprint density at radius 1 is 0.960 bits per heavy atom. The van der Waals surface area contributed by atoms with E-state index >= 15 is 0 Å². The van der Waals surface area contributed by atoms with Gasteiger partial charge in [0, 0.05) is 6.54 Å². The Hall–Kier alpha value is -3.64. The van der Waals surface area contributed by atoms with Crippen LogP contribution in [0.4, 0.5) is 4.79 Å². The van der Waals surface area contributed by atoms with Crippen molar-refractivity contribution in [3.8, 4) is 12.1 Å². The summed E-state index contributed by atoms with van der Waals surface area (Å²) in [6.45, 7) is 0.330. The van der Waals surface area contributed by atoms with Crippen LogP contribution in [0.1, 0.15) is 22.3 Å². The maximum atomic E-state index is 12.6. The molecule has 6 nitrogen and oxygen atoms in total. The van der Waals surface area contributed by atoms with Crippen LogP contribution in [-0.4, -0.2) is 28.3 Å². The Bertz CT molecular complexity index is 924. The van der Waals surface area contributed by atoms with Crippen LogP contribution >= 0.6 is 0 Å². The zero-order chi connectivity index (χ0) is 17.8. The first-order valence-corrected chi connectivity index (χ1v) is 7.68. The van der Waals surface area contributed by atoms with Crippen molar-refractivity contribution in [3.63, 3.8) is 0 Å². The average molecular weight is 330 g/mol. The molecule has 2 aromatic carbocycles. The fourth-order valence-electron chi connectivity index (χ4n) is 2.77. The van der Waals surface area contributed by atoms with E-state index in [-0.39, 0.29) is 31.6 Å². The second-order valence-corrected chi connectivity index (χ2v) is 5.70. The largest absolute Gasteiger partial charge is 0.327 e. The summed E-state index contributed by atoms with van der Waals surface area (Å²) in [7, 11) is 0. The number of carbonyl (C=O) groups is 2. The number of amides is 3. The van der Waals surface area contributed by atoms with Crippen molar-refractivity contribution in [1.82, 2.24) is 9.80 Å². The molecule has 122 valence electrons. The third kappa shape index (κ3) is 3.34. The van der Waals surface area contributed by atoms with Crippen LogP contribution in [-0.2, 0) is 17.9 Å². The molecule has 0 aliphatic carbocycles. The van der Waals surface area contributed by atoms with Gasteiger partial charge in [-0.1, -0.05) is 30.3 Å². The van der Waals surface area contributed by atoms with Crippen molar-refractivity contribution in [1.29, 1.82) is 10.5 Å². The summed E-state index contributed by atoms with van der Waals surface area (Å²) < 4.78 is 0. The van der Waals surface area contributed by atoms with Gasteiger partial charge in [0.15, 0.2) is 0 Å². The van der Waals surface area contributed by atoms with Crippen LogP contribution in [0, 0.1) is 22.7 Å². The lowest BCUT2D eigenvalue weighted by atomic mass is 10.1. The van der Waals surface area contributed by atoms with E-state index in [4.69, 9.17) is 10.5 Å². The normalized spacial score (nSPS) is 13.7. The highest BCUT2D eigenvalue weighted by Gasteiger charge is 2.36. The second-order valence-electron chi connectivity index (χ2n) is 5.70. The Balaban J connectivity index is 1.76. The number of imide groups is 1. The van der Waals surface area contributed by atoms with E-state index in [0.29, 0.717) is 16.7 Å². The van der Waals surface area contributed by atoms with E-state index in [1.165, 1.54) is 4.90 Å². The SMILES string of the molecule is N#Cc1cccc(CN2CC(=O)N(Cc3ccccc3C#N)C2=O)c1. The number of nitriles is 2. The van der Waals surface area contributed by atoms with Crippen molar-refractivity contribution in [2.24, 2.45) is 0 Å². The van der Waals surface area contributed by atoms with Gasteiger partial charge in [-0.15, -0.1) is 0 Å². The van der Waals surface area contributed by atoms with Crippen LogP contribution in [0.5, 0.6) is 0 Å². The van der Waals surface area contributed by atoms with Crippen LogP contribution in [0.2, 0.25) is 0 Å². The van der Waals surface area contributed by atoms with Crippen molar-refractivity contribution >= 4 is 11.9 Å². The quantitative estimate of drug-likeness (QED) is 0.805. The molecule has 2 aromatic rings. The van der Waals surface area contributed by atoms with Gasteiger partial charge in [0.1, 0.15) is 6.54 Å². The summed E-state index contributed by atoms with van der Waals surface area (Å²) >= 11 is 0. The monoisotopic (exact) mass is 330 g/mol. The lowest BCUT2D eigenvalue weighted by Crippen LogP contribution is -2.32. The number of hydrogen-bond donors (Lipinski definition) is 0. The zero-order valence-corrected chi connectivity index (χ0v) is 13.3. The number of hydrogen-bond acceptors (Lipinski definition) is 4. The summed E-state index contributed by atoms with van der Waals surface area (Å²) in [4.78, 5) is 27.4. The number of benzene rings is 2. The number of urea groups is 1. The second kappa shape index (κ2) is 6.86. The predicted molar refractivity (Wildman–Crippen MR) is 88.7 cm³/mol. The van der Waals surface area contributed by atoms with Crippen molar-refractivity contribution in [2.75, 3.05) is 6.54 Å². The molecular formula is C19H14N4O2. The Labute approximate surface area is 145 Å². The Kier molecular flexibility index (Phi) is 4.45. The molecule has 1 saturated heterocycles. The maximum Gasteiger partial charge on any atom is 0.327 e. The molecule has 1 heterocycles.